The first-order valence-electron chi connectivity index (χ1n) is 1.51. The molecule has 48 valence electrons. The van der Waals surface area contributed by atoms with E-state index in [1.165, 1.54) is 0 Å². The molecular formula is C2H3Cl2O3P. The number of halogens is 2. The van der Waals surface area contributed by atoms with Gasteiger partial charge in [0.2, 0.25) is 0 Å². The molecule has 0 amide bonds. The Morgan fingerprint density at radius 1 is 1.50 bits per heavy atom. The molecule has 0 aliphatic rings. The number of rotatable bonds is 1. The average Bonchev–Trinajstić information content (AvgIpc) is 1.21. The SMILES string of the molecule is O=P(O)(O)C=C(Cl)Cl. The van der Waals surface area contributed by atoms with E-state index in [-0.39, 0.29) is 0 Å². The minimum atomic E-state index is -4.15. The molecule has 0 heterocycles. The summed E-state index contributed by atoms with van der Waals surface area (Å²) in [5, 5.41) is 0. The fraction of sp³-hybridized carbons (Fsp3) is 0. The molecular weight excluding hydrogens is 174 g/mol. The second kappa shape index (κ2) is 2.85. The van der Waals surface area contributed by atoms with Crippen molar-refractivity contribution >= 4 is 30.8 Å². The molecule has 0 aliphatic heterocycles. The van der Waals surface area contributed by atoms with Gasteiger partial charge < -0.3 is 9.79 Å². The molecule has 0 saturated carbocycles. The lowest BCUT2D eigenvalue weighted by Crippen LogP contribution is -1.67. The van der Waals surface area contributed by atoms with E-state index < -0.39 is 12.1 Å². The highest BCUT2D eigenvalue weighted by atomic mass is 35.5. The standard InChI is InChI=1S/C2H3Cl2O3P/c3-2(4)1-8(5,6)7/h1H,(H2,5,6,7). The van der Waals surface area contributed by atoms with E-state index in [1.807, 2.05) is 0 Å². The molecule has 0 atom stereocenters. The lowest BCUT2D eigenvalue weighted by molar-refractivity contribution is 0.386. The summed E-state index contributed by atoms with van der Waals surface area (Å²) in [4.78, 5) is 16.1. The highest BCUT2D eigenvalue weighted by Crippen LogP contribution is 2.38. The Balaban J connectivity index is 4.11. The molecule has 0 aromatic rings. The van der Waals surface area contributed by atoms with Gasteiger partial charge in [0, 0.05) is 0 Å². The summed E-state index contributed by atoms with van der Waals surface area (Å²) < 4.78 is 9.47. The Hall–Kier alpha value is 0.470. The highest BCUT2D eigenvalue weighted by molar-refractivity contribution is 7.55. The van der Waals surface area contributed by atoms with Gasteiger partial charge in [-0.25, -0.2) is 0 Å². The van der Waals surface area contributed by atoms with Crippen molar-refractivity contribution < 1.29 is 14.4 Å². The molecule has 0 rings (SSSR count). The summed E-state index contributed by atoms with van der Waals surface area (Å²) in [6, 6.07) is 0. The van der Waals surface area contributed by atoms with E-state index >= 15 is 0 Å². The van der Waals surface area contributed by atoms with Crippen molar-refractivity contribution in [3.63, 3.8) is 0 Å². The molecule has 0 bridgehead atoms. The van der Waals surface area contributed by atoms with Crippen LogP contribution in [0.25, 0.3) is 0 Å². The third-order valence-electron chi connectivity index (χ3n) is 0.266. The largest absolute Gasteiger partial charge is 0.351 e. The molecule has 0 aromatic carbocycles. The topological polar surface area (TPSA) is 57.5 Å². The van der Waals surface area contributed by atoms with Gasteiger partial charge in [0.05, 0.1) is 5.82 Å². The average molecular weight is 177 g/mol. The smallest absolute Gasteiger partial charge is 0.321 e. The first-order valence-corrected chi connectivity index (χ1v) is 3.94. The zero-order valence-electron chi connectivity index (χ0n) is 3.58. The summed E-state index contributed by atoms with van der Waals surface area (Å²) >= 11 is 9.79. The van der Waals surface area contributed by atoms with Gasteiger partial charge in [0.1, 0.15) is 4.49 Å². The normalized spacial score (nSPS) is 11.0. The van der Waals surface area contributed by atoms with Crippen molar-refractivity contribution in [1.29, 1.82) is 0 Å². The zero-order chi connectivity index (χ0) is 6.78. The quantitative estimate of drug-likeness (QED) is 0.595. The molecule has 0 unspecified atom stereocenters. The predicted octanol–water partition coefficient (Wildman–Crippen LogP) is 1.44. The molecule has 0 radical (unpaired) electrons. The van der Waals surface area contributed by atoms with Gasteiger partial charge in [-0.2, -0.15) is 0 Å². The second-order valence-electron chi connectivity index (χ2n) is 1.01. The van der Waals surface area contributed by atoms with E-state index in [4.69, 9.17) is 33.0 Å². The number of hydrogen-bond acceptors (Lipinski definition) is 1. The van der Waals surface area contributed by atoms with E-state index in [2.05, 4.69) is 0 Å². The Bertz CT molecular complexity index is 143. The van der Waals surface area contributed by atoms with Crippen LogP contribution in [0.1, 0.15) is 0 Å². The molecule has 2 N–H and O–H groups in total. The zero-order valence-corrected chi connectivity index (χ0v) is 5.99. The summed E-state index contributed by atoms with van der Waals surface area (Å²) in [5.41, 5.74) is 0. The monoisotopic (exact) mass is 176 g/mol. The van der Waals surface area contributed by atoms with Gasteiger partial charge in [-0.1, -0.05) is 23.2 Å². The van der Waals surface area contributed by atoms with E-state index in [1.54, 1.807) is 0 Å². The van der Waals surface area contributed by atoms with Crippen molar-refractivity contribution in [3.05, 3.63) is 10.3 Å². The van der Waals surface area contributed by atoms with Crippen molar-refractivity contribution in [1.82, 2.24) is 0 Å². The van der Waals surface area contributed by atoms with Crippen molar-refractivity contribution in [2.45, 2.75) is 0 Å². The lowest BCUT2D eigenvalue weighted by atomic mass is 11.2. The van der Waals surface area contributed by atoms with E-state index in [0.29, 0.717) is 5.82 Å². The van der Waals surface area contributed by atoms with Crippen molar-refractivity contribution in [2.75, 3.05) is 0 Å². The first kappa shape index (κ1) is 8.47. The molecule has 6 heteroatoms. The predicted molar refractivity (Wildman–Crippen MR) is 31.8 cm³/mol. The van der Waals surface area contributed by atoms with Gasteiger partial charge in [-0.05, 0) is 0 Å². The fourth-order valence-electron chi connectivity index (χ4n) is 0.127. The molecule has 0 spiro atoms. The van der Waals surface area contributed by atoms with Crippen LogP contribution in [0.2, 0.25) is 0 Å². The lowest BCUT2D eigenvalue weighted by Gasteiger charge is -1.91. The van der Waals surface area contributed by atoms with Crippen LogP contribution in [0.3, 0.4) is 0 Å². The van der Waals surface area contributed by atoms with E-state index in [9.17, 15) is 4.57 Å². The van der Waals surface area contributed by atoms with Crippen molar-refractivity contribution in [3.8, 4) is 0 Å². The van der Waals surface area contributed by atoms with Crippen LogP contribution in [-0.4, -0.2) is 9.79 Å². The van der Waals surface area contributed by atoms with Gasteiger partial charge in [0.15, 0.2) is 0 Å². The summed E-state index contributed by atoms with van der Waals surface area (Å²) in [5.74, 6) is 0.468. The summed E-state index contributed by atoms with van der Waals surface area (Å²) in [7, 11) is -4.15. The van der Waals surface area contributed by atoms with Crippen LogP contribution >= 0.6 is 30.8 Å². The maximum absolute atomic E-state index is 9.89. The van der Waals surface area contributed by atoms with Crippen LogP contribution in [0, 0.1) is 0 Å². The Morgan fingerprint density at radius 3 is 1.88 bits per heavy atom. The van der Waals surface area contributed by atoms with E-state index in [0.717, 1.165) is 0 Å². The molecule has 8 heavy (non-hydrogen) atoms. The Morgan fingerprint density at radius 2 is 1.88 bits per heavy atom. The summed E-state index contributed by atoms with van der Waals surface area (Å²) in [6.45, 7) is 0. The Labute approximate surface area is 56.1 Å². The van der Waals surface area contributed by atoms with Crippen LogP contribution in [0.15, 0.2) is 10.3 Å². The summed E-state index contributed by atoms with van der Waals surface area (Å²) in [6.07, 6.45) is 0. The van der Waals surface area contributed by atoms with Crippen molar-refractivity contribution in [2.24, 2.45) is 0 Å². The maximum Gasteiger partial charge on any atom is 0.351 e. The third kappa shape index (κ3) is 6.47. The van der Waals surface area contributed by atoms with Crippen LogP contribution in [0.5, 0.6) is 0 Å². The minimum absolute atomic E-state index is 0.418. The Kier molecular flexibility index (Phi) is 3.02. The fourth-order valence-corrected chi connectivity index (χ4v) is 1.14. The van der Waals surface area contributed by atoms with Crippen LogP contribution < -0.4 is 0 Å². The van der Waals surface area contributed by atoms with Crippen LogP contribution in [0.4, 0.5) is 0 Å². The van der Waals surface area contributed by atoms with Gasteiger partial charge in [0.25, 0.3) is 0 Å². The van der Waals surface area contributed by atoms with Gasteiger partial charge in [-0.3, -0.25) is 4.57 Å². The van der Waals surface area contributed by atoms with Gasteiger partial charge in [-0.15, -0.1) is 0 Å². The number of hydrogen-bond donors (Lipinski definition) is 2. The third-order valence-corrected chi connectivity index (χ3v) is 1.38. The maximum atomic E-state index is 9.89. The van der Waals surface area contributed by atoms with Gasteiger partial charge >= 0.3 is 7.60 Å². The molecule has 3 nitrogen and oxygen atoms in total. The first-order chi connectivity index (χ1) is 3.42. The minimum Gasteiger partial charge on any atom is -0.321 e. The highest BCUT2D eigenvalue weighted by Gasteiger charge is 2.07. The molecule has 0 fully saturated rings. The molecule has 0 aromatic heterocycles. The molecule has 0 saturated heterocycles. The van der Waals surface area contributed by atoms with Crippen LogP contribution in [-0.2, 0) is 4.57 Å². The second-order valence-corrected chi connectivity index (χ2v) is 3.45. The molecule has 0 aliphatic carbocycles.